The Bertz CT molecular complexity index is 481. The van der Waals surface area contributed by atoms with Gasteiger partial charge in [0.15, 0.2) is 5.69 Å². The van der Waals surface area contributed by atoms with Crippen LogP contribution in [0.15, 0.2) is 36.5 Å². The summed E-state index contributed by atoms with van der Waals surface area (Å²) in [6.45, 7) is -0.420. The van der Waals surface area contributed by atoms with Crippen molar-refractivity contribution < 1.29 is 9.90 Å². The molecular formula is C10H10N4O2. The van der Waals surface area contributed by atoms with E-state index in [4.69, 9.17) is 5.11 Å². The van der Waals surface area contributed by atoms with Gasteiger partial charge in [-0.15, -0.1) is 5.10 Å². The Balaban J connectivity index is 2.23. The van der Waals surface area contributed by atoms with Gasteiger partial charge in [-0.05, 0) is 12.1 Å². The van der Waals surface area contributed by atoms with E-state index in [1.165, 1.54) is 11.0 Å². The van der Waals surface area contributed by atoms with Gasteiger partial charge in [-0.2, -0.15) is 9.90 Å². The molecule has 2 aromatic rings. The van der Waals surface area contributed by atoms with Crippen LogP contribution >= 0.6 is 0 Å². The van der Waals surface area contributed by atoms with Gasteiger partial charge in [0.25, 0.3) is 5.91 Å². The Labute approximate surface area is 91.5 Å². The van der Waals surface area contributed by atoms with Gasteiger partial charge in [-0.3, -0.25) is 4.79 Å². The molecule has 6 heteroatoms. The first-order chi connectivity index (χ1) is 7.81. The van der Waals surface area contributed by atoms with Crippen LogP contribution in [0, 0.1) is 0 Å². The summed E-state index contributed by atoms with van der Waals surface area (Å²) in [5.74, 6) is -0.454. The van der Waals surface area contributed by atoms with E-state index in [1.54, 1.807) is 0 Å². The molecule has 1 heterocycles. The van der Waals surface area contributed by atoms with Crippen LogP contribution < -0.4 is 5.32 Å². The maximum atomic E-state index is 11.3. The van der Waals surface area contributed by atoms with E-state index >= 15 is 0 Å². The van der Waals surface area contributed by atoms with Crippen LogP contribution in [0.25, 0.3) is 5.69 Å². The first-order valence-electron chi connectivity index (χ1n) is 4.68. The summed E-state index contributed by atoms with van der Waals surface area (Å²) in [6, 6.07) is 9.24. The second kappa shape index (κ2) is 4.54. The molecular weight excluding hydrogens is 208 g/mol. The fourth-order valence-corrected chi connectivity index (χ4v) is 1.22. The molecule has 2 rings (SSSR count). The van der Waals surface area contributed by atoms with Gasteiger partial charge in [0.05, 0.1) is 11.9 Å². The predicted octanol–water partition coefficient (Wildman–Crippen LogP) is -0.0531. The molecule has 0 bridgehead atoms. The van der Waals surface area contributed by atoms with Crippen molar-refractivity contribution in [2.24, 2.45) is 0 Å². The SMILES string of the molecule is O=C(NCO)c1cnn(-c2ccccc2)n1. The van der Waals surface area contributed by atoms with E-state index in [-0.39, 0.29) is 5.69 Å². The number of amides is 1. The third-order valence-corrected chi connectivity index (χ3v) is 1.95. The van der Waals surface area contributed by atoms with Crippen LogP contribution in [-0.4, -0.2) is 32.7 Å². The zero-order chi connectivity index (χ0) is 11.4. The number of aliphatic hydroxyl groups excluding tert-OH is 1. The minimum Gasteiger partial charge on any atom is -0.376 e. The molecule has 0 aliphatic carbocycles. The zero-order valence-corrected chi connectivity index (χ0v) is 8.37. The molecule has 0 atom stereocenters. The van der Waals surface area contributed by atoms with E-state index in [0.717, 1.165) is 5.69 Å². The van der Waals surface area contributed by atoms with Crippen LogP contribution in [-0.2, 0) is 0 Å². The normalized spacial score (nSPS) is 10.1. The van der Waals surface area contributed by atoms with E-state index in [9.17, 15) is 4.79 Å². The number of carbonyl (C=O) groups excluding carboxylic acids is 1. The molecule has 0 saturated carbocycles. The van der Waals surface area contributed by atoms with Crippen molar-refractivity contribution in [1.82, 2.24) is 20.3 Å². The summed E-state index contributed by atoms with van der Waals surface area (Å²) in [5, 5.41) is 18.7. The van der Waals surface area contributed by atoms with Crippen molar-refractivity contribution in [3.05, 3.63) is 42.2 Å². The Morgan fingerprint density at radius 1 is 1.38 bits per heavy atom. The number of hydrogen-bond acceptors (Lipinski definition) is 4. The van der Waals surface area contributed by atoms with Crippen LogP contribution in [0.2, 0.25) is 0 Å². The Hall–Kier alpha value is -2.21. The lowest BCUT2D eigenvalue weighted by atomic mass is 10.3. The fraction of sp³-hybridized carbons (Fsp3) is 0.100. The molecule has 0 fully saturated rings. The van der Waals surface area contributed by atoms with Gasteiger partial charge in [-0.25, -0.2) is 0 Å². The molecule has 1 aromatic carbocycles. The van der Waals surface area contributed by atoms with Crippen molar-refractivity contribution in [2.45, 2.75) is 0 Å². The van der Waals surface area contributed by atoms with E-state index in [2.05, 4.69) is 15.5 Å². The maximum Gasteiger partial charge on any atom is 0.275 e. The van der Waals surface area contributed by atoms with E-state index in [0.29, 0.717) is 0 Å². The second-order valence-corrected chi connectivity index (χ2v) is 3.02. The molecule has 1 aromatic heterocycles. The molecule has 0 aliphatic heterocycles. The number of benzene rings is 1. The molecule has 0 saturated heterocycles. The van der Waals surface area contributed by atoms with Crippen molar-refractivity contribution in [2.75, 3.05) is 6.73 Å². The summed E-state index contributed by atoms with van der Waals surface area (Å²) in [6.07, 6.45) is 1.35. The quantitative estimate of drug-likeness (QED) is 0.708. The maximum absolute atomic E-state index is 11.3. The smallest absolute Gasteiger partial charge is 0.275 e. The highest BCUT2D eigenvalue weighted by Crippen LogP contribution is 2.03. The third-order valence-electron chi connectivity index (χ3n) is 1.95. The van der Waals surface area contributed by atoms with Crippen molar-refractivity contribution in [3.63, 3.8) is 0 Å². The summed E-state index contributed by atoms with van der Waals surface area (Å²) in [4.78, 5) is 12.7. The molecule has 0 radical (unpaired) electrons. The number of hydrogen-bond donors (Lipinski definition) is 2. The monoisotopic (exact) mass is 218 g/mol. The minimum atomic E-state index is -0.454. The summed E-state index contributed by atoms with van der Waals surface area (Å²) in [5.41, 5.74) is 0.934. The summed E-state index contributed by atoms with van der Waals surface area (Å²) >= 11 is 0. The van der Waals surface area contributed by atoms with Gasteiger partial charge in [0.1, 0.15) is 6.73 Å². The highest BCUT2D eigenvalue weighted by atomic mass is 16.3. The minimum absolute atomic E-state index is 0.165. The number of nitrogens with zero attached hydrogens (tertiary/aromatic N) is 3. The summed E-state index contributed by atoms with van der Waals surface area (Å²) in [7, 11) is 0. The van der Waals surface area contributed by atoms with Crippen molar-refractivity contribution >= 4 is 5.91 Å². The molecule has 82 valence electrons. The van der Waals surface area contributed by atoms with Crippen molar-refractivity contribution in [1.29, 1.82) is 0 Å². The van der Waals surface area contributed by atoms with E-state index < -0.39 is 12.6 Å². The predicted molar refractivity (Wildman–Crippen MR) is 55.9 cm³/mol. The number of rotatable bonds is 3. The molecule has 1 amide bonds. The van der Waals surface area contributed by atoms with Gasteiger partial charge < -0.3 is 10.4 Å². The van der Waals surface area contributed by atoms with Crippen LogP contribution in [0.1, 0.15) is 10.5 Å². The largest absolute Gasteiger partial charge is 0.376 e. The Morgan fingerprint density at radius 3 is 2.81 bits per heavy atom. The molecule has 16 heavy (non-hydrogen) atoms. The number of carbonyl (C=O) groups is 1. The molecule has 2 N–H and O–H groups in total. The van der Waals surface area contributed by atoms with Gasteiger partial charge in [0.2, 0.25) is 0 Å². The first kappa shape index (κ1) is 10.3. The standard InChI is InChI=1S/C10H10N4O2/c15-7-11-10(16)9-6-12-14(13-9)8-4-2-1-3-5-8/h1-6,15H,7H2,(H,11,16). The molecule has 0 spiro atoms. The summed E-state index contributed by atoms with van der Waals surface area (Å²) < 4.78 is 0. The lowest BCUT2D eigenvalue weighted by molar-refractivity contribution is 0.0904. The van der Waals surface area contributed by atoms with Gasteiger partial charge in [0, 0.05) is 0 Å². The van der Waals surface area contributed by atoms with E-state index in [1.807, 2.05) is 30.3 Å². The molecule has 0 unspecified atom stereocenters. The average Bonchev–Trinajstić information content (AvgIpc) is 2.80. The fourth-order valence-electron chi connectivity index (χ4n) is 1.22. The van der Waals surface area contributed by atoms with Crippen LogP contribution in [0.4, 0.5) is 0 Å². The lowest BCUT2D eigenvalue weighted by Crippen LogP contribution is -2.24. The number of aliphatic hydroxyl groups is 1. The topological polar surface area (TPSA) is 80.0 Å². The lowest BCUT2D eigenvalue weighted by Gasteiger charge is -1.98. The van der Waals surface area contributed by atoms with Gasteiger partial charge >= 0.3 is 0 Å². The third kappa shape index (κ3) is 2.06. The highest BCUT2D eigenvalue weighted by Gasteiger charge is 2.09. The molecule has 6 nitrogen and oxygen atoms in total. The number of aromatic nitrogens is 3. The second-order valence-electron chi connectivity index (χ2n) is 3.02. The number of para-hydroxylation sites is 1. The average molecular weight is 218 g/mol. The van der Waals surface area contributed by atoms with Gasteiger partial charge in [-0.1, -0.05) is 18.2 Å². The number of nitrogens with one attached hydrogen (secondary N) is 1. The Morgan fingerprint density at radius 2 is 2.12 bits per heavy atom. The highest BCUT2D eigenvalue weighted by molar-refractivity contribution is 5.91. The van der Waals surface area contributed by atoms with Crippen molar-refractivity contribution in [3.8, 4) is 5.69 Å². The Kier molecular flexibility index (Phi) is 2.93. The first-order valence-corrected chi connectivity index (χ1v) is 4.68. The van der Waals surface area contributed by atoms with Crippen LogP contribution in [0.3, 0.4) is 0 Å². The zero-order valence-electron chi connectivity index (χ0n) is 8.37. The molecule has 0 aliphatic rings. The van der Waals surface area contributed by atoms with Crippen LogP contribution in [0.5, 0.6) is 0 Å².